The first kappa shape index (κ1) is 16.7. The second-order valence-corrected chi connectivity index (χ2v) is 4.05. The quantitative estimate of drug-likeness (QED) is 0.220. The van der Waals surface area contributed by atoms with Crippen LogP contribution in [0.25, 0.3) is 0 Å². The van der Waals surface area contributed by atoms with Gasteiger partial charge in [-0.1, -0.05) is 25.3 Å². The Morgan fingerprint density at radius 2 is 1.39 bits per heavy atom. The third-order valence-corrected chi connectivity index (χ3v) is 2.54. The van der Waals surface area contributed by atoms with Crippen LogP contribution in [0.1, 0.15) is 53.4 Å². The van der Waals surface area contributed by atoms with Crippen LogP contribution in [0.15, 0.2) is 11.1 Å². The number of hydrogen-bond donors (Lipinski definition) is 0. The Balaban J connectivity index is 4.86. The Bertz CT molecular complexity index is 285. The van der Waals surface area contributed by atoms with E-state index in [4.69, 9.17) is 9.47 Å². The van der Waals surface area contributed by atoms with Gasteiger partial charge in [-0.05, 0) is 33.6 Å². The maximum Gasteiger partial charge on any atom is 0.345 e. The molecule has 0 radical (unpaired) electrons. The number of ether oxygens (including phenoxy) is 2. The van der Waals surface area contributed by atoms with Crippen LogP contribution in [0.5, 0.6) is 0 Å². The van der Waals surface area contributed by atoms with Gasteiger partial charge in [0.05, 0.1) is 13.2 Å². The van der Waals surface area contributed by atoms with Crippen molar-refractivity contribution in [2.24, 2.45) is 0 Å². The minimum atomic E-state index is -0.579. The van der Waals surface area contributed by atoms with Crippen molar-refractivity contribution in [3.8, 4) is 0 Å². The van der Waals surface area contributed by atoms with Crippen molar-refractivity contribution in [3.63, 3.8) is 0 Å². The molecule has 0 atom stereocenters. The second-order valence-electron chi connectivity index (χ2n) is 4.05. The van der Waals surface area contributed by atoms with Gasteiger partial charge in [0.2, 0.25) is 0 Å². The fraction of sp³-hybridized carbons (Fsp3) is 0.714. The zero-order valence-electron chi connectivity index (χ0n) is 11.9. The molecule has 0 amide bonds. The smallest absolute Gasteiger partial charge is 0.345 e. The zero-order valence-corrected chi connectivity index (χ0v) is 11.9. The summed E-state index contributed by atoms with van der Waals surface area (Å²) in [6.45, 7) is 7.84. The first-order chi connectivity index (χ1) is 8.58. The normalized spacial score (nSPS) is 9.78. The van der Waals surface area contributed by atoms with Gasteiger partial charge in [0.25, 0.3) is 0 Å². The molecule has 0 aliphatic heterocycles. The van der Waals surface area contributed by atoms with Crippen molar-refractivity contribution in [3.05, 3.63) is 11.1 Å². The molecule has 0 spiro atoms. The summed E-state index contributed by atoms with van der Waals surface area (Å²) in [6.07, 6.45) is 3.86. The SMILES string of the molecule is CCCCCC(C)=C(C(=O)OCC)C(=O)OCC. The lowest BCUT2D eigenvalue weighted by atomic mass is 10.0. The minimum Gasteiger partial charge on any atom is -0.462 e. The number of carbonyl (C=O) groups is 2. The highest BCUT2D eigenvalue weighted by atomic mass is 16.6. The predicted octanol–water partition coefficient (Wildman–Crippen LogP) is 3.01. The van der Waals surface area contributed by atoms with Crippen LogP contribution >= 0.6 is 0 Å². The Hall–Kier alpha value is -1.32. The molecule has 0 saturated carbocycles. The third-order valence-electron chi connectivity index (χ3n) is 2.54. The van der Waals surface area contributed by atoms with Crippen molar-refractivity contribution < 1.29 is 19.1 Å². The van der Waals surface area contributed by atoms with E-state index >= 15 is 0 Å². The molecule has 0 aliphatic rings. The number of carbonyl (C=O) groups excluding carboxylic acids is 2. The topological polar surface area (TPSA) is 52.6 Å². The van der Waals surface area contributed by atoms with Crippen LogP contribution in [0.3, 0.4) is 0 Å². The molecule has 0 aliphatic carbocycles. The highest BCUT2D eigenvalue weighted by Crippen LogP contribution is 2.16. The number of rotatable bonds is 8. The van der Waals surface area contributed by atoms with Crippen LogP contribution in [0, 0.1) is 0 Å². The Kier molecular flexibility index (Phi) is 8.97. The lowest BCUT2D eigenvalue weighted by Crippen LogP contribution is -2.20. The van der Waals surface area contributed by atoms with E-state index < -0.39 is 11.9 Å². The molecule has 4 nitrogen and oxygen atoms in total. The summed E-state index contributed by atoms with van der Waals surface area (Å²) in [4.78, 5) is 23.5. The van der Waals surface area contributed by atoms with Crippen LogP contribution in [0.2, 0.25) is 0 Å². The molecular formula is C14H24O4. The summed E-state index contributed by atoms with van der Waals surface area (Å²) < 4.78 is 9.80. The van der Waals surface area contributed by atoms with Crippen molar-refractivity contribution >= 4 is 11.9 Å². The van der Waals surface area contributed by atoms with Crippen LogP contribution in [-0.2, 0) is 19.1 Å². The van der Waals surface area contributed by atoms with E-state index in [1.807, 2.05) is 0 Å². The van der Waals surface area contributed by atoms with Gasteiger partial charge in [0, 0.05) is 0 Å². The van der Waals surface area contributed by atoms with Crippen molar-refractivity contribution in [1.29, 1.82) is 0 Å². The van der Waals surface area contributed by atoms with Gasteiger partial charge in [-0.2, -0.15) is 0 Å². The van der Waals surface area contributed by atoms with Gasteiger partial charge < -0.3 is 9.47 Å². The molecular weight excluding hydrogens is 232 g/mol. The lowest BCUT2D eigenvalue weighted by Gasteiger charge is -2.10. The zero-order chi connectivity index (χ0) is 14.0. The van der Waals surface area contributed by atoms with Crippen molar-refractivity contribution in [1.82, 2.24) is 0 Å². The van der Waals surface area contributed by atoms with Crippen molar-refractivity contribution in [2.75, 3.05) is 13.2 Å². The molecule has 0 aromatic rings. The van der Waals surface area contributed by atoms with E-state index in [1.54, 1.807) is 20.8 Å². The van der Waals surface area contributed by atoms with Gasteiger partial charge >= 0.3 is 11.9 Å². The summed E-state index contributed by atoms with van der Waals surface area (Å²) in [7, 11) is 0. The van der Waals surface area contributed by atoms with Gasteiger partial charge in [-0.3, -0.25) is 0 Å². The monoisotopic (exact) mass is 256 g/mol. The molecule has 18 heavy (non-hydrogen) atoms. The first-order valence-corrected chi connectivity index (χ1v) is 6.62. The van der Waals surface area contributed by atoms with Gasteiger partial charge in [0.15, 0.2) is 0 Å². The molecule has 0 fully saturated rings. The van der Waals surface area contributed by atoms with E-state index in [0.29, 0.717) is 0 Å². The lowest BCUT2D eigenvalue weighted by molar-refractivity contribution is -0.146. The average Bonchev–Trinajstić information content (AvgIpc) is 2.30. The summed E-state index contributed by atoms with van der Waals surface area (Å²) in [5.74, 6) is -1.16. The minimum absolute atomic E-state index is 0.0646. The molecule has 4 heteroatoms. The highest BCUT2D eigenvalue weighted by molar-refractivity contribution is 6.14. The predicted molar refractivity (Wildman–Crippen MR) is 70.1 cm³/mol. The number of hydrogen-bond acceptors (Lipinski definition) is 4. The summed E-state index contributed by atoms with van der Waals surface area (Å²) in [5.41, 5.74) is 0.815. The van der Waals surface area contributed by atoms with Gasteiger partial charge in [0.1, 0.15) is 5.57 Å². The Labute approximate surface area is 109 Å². The van der Waals surface area contributed by atoms with E-state index in [1.165, 1.54) is 0 Å². The molecule has 0 N–H and O–H groups in total. The van der Waals surface area contributed by atoms with E-state index in [-0.39, 0.29) is 18.8 Å². The fourth-order valence-electron chi connectivity index (χ4n) is 1.60. The van der Waals surface area contributed by atoms with Crippen LogP contribution < -0.4 is 0 Å². The molecule has 0 saturated heterocycles. The largest absolute Gasteiger partial charge is 0.462 e. The van der Waals surface area contributed by atoms with Gasteiger partial charge in [-0.25, -0.2) is 9.59 Å². The average molecular weight is 256 g/mol. The van der Waals surface area contributed by atoms with Crippen LogP contribution in [0.4, 0.5) is 0 Å². The van der Waals surface area contributed by atoms with Gasteiger partial charge in [-0.15, -0.1) is 0 Å². The molecule has 0 aromatic carbocycles. The Morgan fingerprint density at radius 1 is 0.889 bits per heavy atom. The second kappa shape index (κ2) is 9.68. The van der Waals surface area contributed by atoms with E-state index in [9.17, 15) is 9.59 Å². The number of unbranched alkanes of at least 4 members (excludes halogenated alkanes) is 2. The first-order valence-electron chi connectivity index (χ1n) is 6.62. The molecule has 0 rings (SSSR count). The Morgan fingerprint density at radius 3 is 1.78 bits per heavy atom. The maximum atomic E-state index is 11.8. The fourth-order valence-corrected chi connectivity index (χ4v) is 1.60. The molecule has 0 unspecified atom stereocenters. The standard InChI is InChI=1S/C14H24O4/c1-5-8-9-10-11(4)12(13(15)17-6-2)14(16)18-7-3/h5-10H2,1-4H3. The summed E-state index contributed by atoms with van der Waals surface area (Å²) >= 11 is 0. The molecule has 0 bridgehead atoms. The number of allylic oxidation sites excluding steroid dienone is 1. The molecule has 0 heterocycles. The number of esters is 2. The molecule has 104 valence electrons. The highest BCUT2D eigenvalue weighted by Gasteiger charge is 2.23. The summed E-state index contributed by atoms with van der Waals surface area (Å²) in [5, 5.41) is 0. The maximum absolute atomic E-state index is 11.8. The summed E-state index contributed by atoms with van der Waals surface area (Å²) in [6, 6.07) is 0. The van der Waals surface area contributed by atoms with Crippen molar-refractivity contribution in [2.45, 2.75) is 53.4 Å². The van der Waals surface area contributed by atoms with E-state index in [2.05, 4.69) is 6.92 Å². The molecule has 0 aromatic heterocycles. The third kappa shape index (κ3) is 5.84. The van der Waals surface area contributed by atoms with Crippen LogP contribution in [-0.4, -0.2) is 25.2 Å². The van der Waals surface area contributed by atoms with E-state index in [0.717, 1.165) is 31.3 Å².